The Hall–Kier alpha value is -8.33. The first kappa shape index (κ1) is 54.9. The minimum Gasteiger partial charge on any atom is -0.377 e. The van der Waals surface area contributed by atoms with Gasteiger partial charge in [-0.25, -0.2) is 0 Å². The van der Waals surface area contributed by atoms with Crippen molar-refractivity contribution in [2.24, 2.45) is 0 Å². The Balaban J connectivity index is 0.000000156. The van der Waals surface area contributed by atoms with Crippen LogP contribution in [0.5, 0.6) is 0 Å². The SMILES string of the molecule is Cc1cc(C)c(NC(c2ccccn2)c2cccc3cccc(N(C)C)c23)c(C)c1.Cc1cc(C)c(NC(c2ccccn2)c2ccccc2CN(C)C)c(C)c1.Cc1cc(C)c(Nc2cccc3cccnc23)c(C)c1. The molecular weight excluding hydrogens is 941 g/mol. The van der Waals surface area contributed by atoms with Gasteiger partial charge in [-0.15, -0.1) is 0 Å². The number of nitrogens with one attached hydrogen (secondary N) is 3. The van der Waals surface area contributed by atoms with Gasteiger partial charge in [0.2, 0.25) is 0 Å². The second kappa shape index (κ2) is 25.0. The molecule has 0 saturated carbocycles. The van der Waals surface area contributed by atoms with Gasteiger partial charge < -0.3 is 25.8 Å². The third-order valence-corrected chi connectivity index (χ3v) is 14.0. The normalized spacial score (nSPS) is 11.8. The summed E-state index contributed by atoms with van der Waals surface area (Å²) >= 11 is 0. The van der Waals surface area contributed by atoms with Gasteiger partial charge >= 0.3 is 0 Å². The maximum Gasteiger partial charge on any atom is 0.0946 e. The van der Waals surface area contributed by atoms with E-state index in [9.17, 15) is 0 Å². The van der Waals surface area contributed by atoms with Crippen molar-refractivity contribution < 1.29 is 0 Å². The zero-order valence-electron chi connectivity index (χ0n) is 47.4. The molecule has 77 heavy (non-hydrogen) atoms. The number of pyridine rings is 3. The quantitative estimate of drug-likeness (QED) is 0.105. The summed E-state index contributed by atoms with van der Waals surface area (Å²) in [6, 6.07) is 57.5. The molecule has 3 N–H and O–H groups in total. The third kappa shape index (κ3) is 13.4. The number of aromatic nitrogens is 3. The highest BCUT2D eigenvalue weighted by atomic mass is 15.1. The molecule has 0 aliphatic rings. The second-order valence-electron chi connectivity index (χ2n) is 21.0. The van der Waals surface area contributed by atoms with Gasteiger partial charge in [0.25, 0.3) is 0 Å². The molecule has 0 aliphatic carbocycles. The molecule has 3 heterocycles. The Morgan fingerprint density at radius 2 is 0.857 bits per heavy atom. The van der Waals surface area contributed by atoms with Crippen LogP contribution in [0.25, 0.3) is 21.7 Å². The number of hydrogen-bond donors (Lipinski definition) is 3. The topological polar surface area (TPSA) is 81.2 Å². The highest BCUT2D eigenvalue weighted by Gasteiger charge is 2.23. The fourth-order valence-corrected chi connectivity index (χ4v) is 10.8. The Labute approximate surface area is 458 Å². The van der Waals surface area contributed by atoms with Crippen molar-refractivity contribution in [2.75, 3.05) is 49.0 Å². The highest BCUT2D eigenvalue weighted by molar-refractivity contribution is 5.98. The summed E-state index contributed by atoms with van der Waals surface area (Å²) in [5, 5.41) is 14.9. The molecule has 0 amide bonds. The van der Waals surface area contributed by atoms with Gasteiger partial charge in [0.05, 0.1) is 34.7 Å². The molecule has 0 saturated heterocycles. The monoisotopic (exact) mass is 1020 g/mol. The summed E-state index contributed by atoms with van der Waals surface area (Å²) in [5.74, 6) is 0. The summed E-state index contributed by atoms with van der Waals surface area (Å²) in [6.45, 7) is 20.3. The molecule has 2 unspecified atom stereocenters. The van der Waals surface area contributed by atoms with Crippen molar-refractivity contribution in [1.29, 1.82) is 0 Å². The van der Waals surface area contributed by atoms with E-state index in [0.29, 0.717) is 0 Å². The van der Waals surface area contributed by atoms with E-state index in [0.717, 1.165) is 34.5 Å². The lowest BCUT2D eigenvalue weighted by Crippen LogP contribution is -2.19. The first-order valence-electron chi connectivity index (χ1n) is 26.7. The van der Waals surface area contributed by atoms with E-state index in [4.69, 9.17) is 4.98 Å². The minimum atomic E-state index is -0.0592. The van der Waals surface area contributed by atoms with Crippen molar-refractivity contribution in [3.8, 4) is 0 Å². The lowest BCUT2D eigenvalue weighted by atomic mass is 9.93. The Bertz CT molecular complexity index is 3530. The molecule has 8 nitrogen and oxygen atoms in total. The average molecular weight is 1020 g/mol. The van der Waals surface area contributed by atoms with Crippen LogP contribution < -0.4 is 20.9 Å². The van der Waals surface area contributed by atoms with Crippen molar-refractivity contribution in [1.82, 2.24) is 19.9 Å². The predicted octanol–water partition coefficient (Wildman–Crippen LogP) is 16.6. The summed E-state index contributed by atoms with van der Waals surface area (Å²) < 4.78 is 0. The maximum absolute atomic E-state index is 4.73. The lowest BCUT2D eigenvalue weighted by molar-refractivity contribution is 0.400. The standard InChI is InChI=1S/C27H29N3.C24H29N3.C18H18N2/c1-18-16-19(2)26(20(3)17-18)29-27(23-13-6-7-15-28-23)22-12-8-10-21-11-9-14-24(25(21)22)30(4)5;1-17-14-18(2)23(19(3)15-17)26-24(22-12-8-9-13-25-22)21-11-7-6-10-20(21)16-27(4)5;1-12-10-13(2)17(14(3)11-12)20-16-8-4-6-15-7-5-9-19-18(15)16/h6-17,27,29H,1-5H3;6-15,24,26H,16H2,1-5H3;4-11,20H,1-3H3. The number of benzene rings is 7. The summed E-state index contributed by atoms with van der Waals surface area (Å²) in [7, 11) is 8.41. The van der Waals surface area contributed by atoms with Crippen molar-refractivity contribution in [3.05, 3.63) is 261 Å². The number of para-hydroxylation sites is 1. The number of fused-ring (bicyclic) bond motifs is 2. The highest BCUT2D eigenvalue weighted by Crippen LogP contribution is 2.38. The second-order valence-corrected chi connectivity index (χ2v) is 21.0. The van der Waals surface area contributed by atoms with E-state index >= 15 is 0 Å². The van der Waals surface area contributed by atoms with Gasteiger partial charge in [0.1, 0.15) is 0 Å². The summed E-state index contributed by atoms with van der Waals surface area (Å²) in [5.41, 5.74) is 24.1. The van der Waals surface area contributed by atoms with Crippen LogP contribution in [0, 0.1) is 62.3 Å². The summed E-state index contributed by atoms with van der Waals surface area (Å²) in [6.07, 6.45) is 5.58. The third-order valence-electron chi connectivity index (χ3n) is 14.0. The Morgan fingerprint density at radius 1 is 0.416 bits per heavy atom. The molecule has 10 aromatic rings. The molecule has 3 aromatic heterocycles. The van der Waals surface area contributed by atoms with Gasteiger partial charge in [0, 0.05) is 72.8 Å². The van der Waals surface area contributed by atoms with Gasteiger partial charge in [-0.2, -0.15) is 0 Å². The van der Waals surface area contributed by atoms with Crippen molar-refractivity contribution in [3.63, 3.8) is 0 Å². The Kier molecular flexibility index (Phi) is 17.8. The largest absolute Gasteiger partial charge is 0.377 e. The van der Waals surface area contributed by atoms with Crippen LogP contribution in [0.2, 0.25) is 0 Å². The molecule has 7 aromatic carbocycles. The molecule has 0 bridgehead atoms. The number of rotatable bonds is 13. The van der Waals surface area contributed by atoms with E-state index in [1.165, 1.54) is 100 Å². The fraction of sp³-hybridized carbons (Fsp3) is 0.232. The van der Waals surface area contributed by atoms with Gasteiger partial charge in [-0.1, -0.05) is 138 Å². The molecule has 8 heteroatoms. The van der Waals surface area contributed by atoms with Crippen LogP contribution >= 0.6 is 0 Å². The summed E-state index contributed by atoms with van der Waals surface area (Å²) in [4.78, 5) is 18.3. The van der Waals surface area contributed by atoms with Crippen LogP contribution in [0.3, 0.4) is 0 Å². The van der Waals surface area contributed by atoms with Gasteiger partial charge in [0.15, 0.2) is 0 Å². The van der Waals surface area contributed by atoms with E-state index < -0.39 is 0 Å². The molecule has 0 spiro atoms. The van der Waals surface area contributed by atoms with Crippen molar-refractivity contribution >= 4 is 50.1 Å². The van der Waals surface area contributed by atoms with Gasteiger partial charge in [-0.05, 0) is 174 Å². The maximum atomic E-state index is 4.73. The van der Waals surface area contributed by atoms with Crippen molar-refractivity contribution in [2.45, 2.75) is 80.9 Å². The molecular formula is C69H76N8. The van der Waals surface area contributed by atoms with E-state index in [1.54, 1.807) is 0 Å². The number of aryl methyl sites for hydroxylation is 9. The molecule has 0 fully saturated rings. The molecule has 0 radical (unpaired) electrons. The van der Waals surface area contributed by atoms with E-state index in [1.807, 2.05) is 36.8 Å². The number of hydrogen-bond acceptors (Lipinski definition) is 8. The molecule has 0 aliphatic heterocycles. The fourth-order valence-electron chi connectivity index (χ4n) is 10.8. The first-order chi connectivity index (χ1) is 37.1. The molecule has 10 rings (SSSR count). The molecule has 2 atom stereocenters. The average Bonchev–Trinajstić information content (AvgIpc) is 3.41. The number of nitrogens with zero attached hydrogens (tertiary/aromatic N) is 5. The number of anilines is 5. The van der Waals surface area contributed by atoms with Gasteiger partial charge in [-0.3, -0.25) is 15.0 Å². The minimum absolute atomic E-state index is 0.00227. The zero-order valence-corrected chi connectivity index (χ0v) is 47.4. The van der Waals surface area contributed by atoms with Crippen LogP contribution in [0.15, 0.2) is 182 Å². The van der Waals surface area contributed by atoms with Crippen LogP contribution in [-0.2, 0) is 6.54 Å². The molecule has 392 valence electrons. The smallest absolute Gasteiger partial charge is 0.0946 e. The van der Waals surface area contributed by atoms with E-state index in [-0.39, 0.29) is 12.1 Å². The van der Waals surface area contributed by atoms with Crippen LogP contribution in [0.4, 0.5) is 28.4 Å². The Morgan fingerprint density at radius 3 is 1.38 bits per heavy atom. The van der Waals surface area contributed by atoms with E-state index in [2.05, 4.69) is 272 Å². The van der Waals surface area contributed by atoms with Crippen LogP contribution in [-0.4, -0.2) is 48.0 Å². The lowest BCUT2D eigenvalue weighted by Gasteiger charge is -2.26. The predicted molar refractivity (Wildman–Crippen MR) is 328 cm³/mol. The zero-order chi connectivity index (χ0) is 54.8. The van der Waals surface area contributed by atoms with Crippen LogP contribution in [0.1, 0.15) is 90.2 Å². The first-order valence-corrected chi connectivity index (χ1v) is 26.7.